The molecule has 1 heterocycles. The summed E-state index contributed by atoms with van der Waals surface area (Å²) >= 11 is 3.31. The molecule has 19 heavy (non-hydrogen) atoms. The lowest BCUT2D eigenvalue weighted by molar-refractivity contribution is 0.384. The zero-order valence-electron chi connectivity index (χ0n) is 10.3. The molecule has 0 bridgehead atoms. The van der Waals surface area contributed by atoms with Crippen LogP contribution in [0.4, 0.5) is 4.39 Å². The molecule has 7 heteroatoms. The van der Waals surface area contributed by atoms with Gasteiger partial charge in [-0.05, 0) is 36.5 Å². The van der Waals surface area contributed by atoms with Crippen molar-refractivity contribution in [3.63, 3.8) is 0 Å². The van der Waals surface area contributed by atoms with Crippen molar-refractivity contribution in [3.8, 4) is 0 Å². The monoisotopic (exact) mass is 350 g/mol. The standard InChI is InChI=1S/C12H16BrFN2O2S/c13-11-6-10(14)2-1-8(11)5-12(16-15)9-3-4-19(17,18)7-9/h1-2,6,9,12,16H,3-5,7,15H2. The zero-order chi connectivity index (χ0) is 14.0. The van der Waals surface area contributed by atoms with Crippen LogP contribution in [0, 0.1) is 11.7 Å². The first-order chi connectivity index (χ1) is 8.91. The third kappa shape index (κ3) is 3.75. The van der Waals surface area contributed by atoms with Crippen LogP contribution < -0.4 is 11.3 Å². The molecule has 1 aliphatic heterocycles. The van der Waals surface area contributed by atoms with Gasteiger partial charge in [0.05, 0.1) is 11.5 Å². The van der Waals surface area contributed by atoms with Gasteiger partial charge in [-0.3, -0.25) is 11.3 Å². The highest BCUT2D eigenvalue weighted by molar-refractivity contribution is 9.10. The highest BCUT2D eigenvalue weighted by atomic mass is 79.9. The second kappa shape index (κ2) is 5.87. The third-order valence-electron chi connectivity index (χ3n) is 3.51. The SMILES string of the molecule is NNC(Cc1ccc(F)cc1Br)C1CCS(=O)(=O)C1. The van der Waals surface area contributed by atoms with Gasteiger partial charge in [-0.15, -0.1) is 0 Å². The first-order valence-electron chi connectivity index (χ1n) is 6.02. The Morgan fingerprint density at radius 2 is 2.26 bits per heavy atom. The van der Waals surface area contributed by atoms with Crippen LogP contribution in [0.15, 0.2) is 22.7 Å². The van der Waals surface area contributed by atoms with Crippen LogP contribution in [0.3, 0.4) is 0 Å². The number of hydrogen-bond acceptors (Lipinski definition) is 4. The quantitative estimate of drug-likeness (QED) is 0.635. The molecule has 0 aliphatic carbocycles. The first-order valence-corrected chi connectivity index (χ1v) is 8.63. The van der Waals surface area contributed by atoms with E-state index in [-0.39, 0.29) is 29.3 Å². The maximum absolute atomic E-state index is 13.0. The normalized spacial score (nSPS) is 23.4. The maximum atomic E-state index is 13.0. The predicted molar refractivity (Wildman–Crippen MR) is 75.7 cm³/mol. The predicted octanol–water partition coefficient (Wildman–Crippen LogP) is 1.40. The number of hydrazine groups is 1. The molecule has 1 aromatic rings. The van der Waals surface area contributed by atoms with Crippen LogP contribution in [-0.4, -0.2) is 26.0 Å². The molecule has 0 radical (unpaired) electrons. The van der Waals surface area contributed by atoms with Crippen LogP contribution in [-0.2, 0) is 16.3 Å². The molecule has 1 aromatic carbocycles. The molecular formula is C12H16BrFN2O2S. The van der Waals surface area contributed by atoms with Gasteiger partial charge in [-0.2, -0.15) is 0 Å². The van der Waals surface area contributed by atoms with Crippen molar-refractivity contribution in [1.82, 2.24) is 5.43 Å². The van der Waals surface area contributed by atoms with E-state index in [1.54, 1.807) is 6.07 Å². The van der Waals surface area contributed by atoms with E-state index in [1.807, 2.05) is 0 Å². The average molecular weight is 351 g/mol. The van der Waals surface area contributed by atoms with Gasteiger partial charge in [0, 0.05) is 10.5 Å². The highest BCUT2D eigenvalue weighted by Gasteiger charge is 2.33. The van der Waals surface area contributed by atoms with Crippen molar-refractivity contribution in [1.29, 1.82) is 0 Å². The molecule has 2 unspecified atom stereocenters. The molecule has 0 amide bonds. The van der Waals surface area contributed by atoms with Crippen molar-refractivity contribution in [2.45, 2.75) is 18.9 Å². The smallest absolute Gasteiger partial charge is 0.150 e. The van der Waals surface area contributed by atoms with Crippen LogP contribution in [0.1, 0.15) is 12.0 Å². The Hall–Kier alpha value is -0.500. The van der Waals surface area contributed by atoms with Gasteiger partial charge < -0.3 is 0 Å². The summed E-state index contributed by atoms with van der Waals surface area (Å²) in [4.78, 5) is 0. The van der Waals surface area contributed by atoms with Crippen LogP contribution in [0.2, 0.25) is 0 Å². The van der Waals surface area contributed by atoms with Gasteiger partial charge in [0.15, 0.2) is 9.84 Å². The topological polar surface area (TPSA) is 72.2 Å². The van der Waals surface area contributed by atoms with Crippen molar-refractivity contribution < 1.29 is 12.8 Å². The Bertz CT molecular complexity index is 565. The van der Waals surface area contributed by atoms with E-state index in [0.717, 1.165) is 5.56 Å². The van der Waals surface area contributed by atoms with Gasteiger partial charge >= 0.3 is 0 Å². The van der Waals surface area contributed by atoms with Gasteiger partial charge in [0.25, 0.3) is 0 Å². The summed E-state index contributed by atoms with van der Waals surface area (Å²) in [6, 6.07) is 4.35. The van der Waals surface area contributed by atoms with Crippen LogP contribution >= 0.6 is 15.9 Å². The lowest BCUT2D eigenvalue weighted by Crippen LogP contribution is -2.43. The first kappa shape index (κ1) is 14.9. The Balaban J connectivity index is 2.11. The number of nitrogens with two attached hydrogens (primary N) is 1. The van der Waals surface area contributed by atoms with Crippen molar-refractivity contribution in [2.24, 2.45) is 11.8 Å². The Morgan fingerprint density at radius 3 is 2.79 bits per heavy atom. The Morgan fingerprint density at radius 1 is 1.53 bits per heavy atom. The van der Waals surface area contributed by atoms with Crippen LogP contribution in [0.5, 0.6) is 0 Å². The summed E-state index contributed by atoms with van der Waals surface area (Å²) in [7, 11) is -2.93. The maximum Gasteiger partial charge on any atom is 0.150 e. The molecule has 1 saturated heterocycles. The Kier molecular flexibility index (Phi) is 4.60. The zero-order valence-corrected chi connectivity index (χ0v) is 12.7. The number of nitrogens with one attached hydrogen (secondary N) is 1. The van der Waals surface area contributed by atoms with E-state index in [1.165, 1.54) is 12.1 Å². The number of sulfone groups is 1. The Labute approximate surface area is 120 Å². The van der Waals surface area contributed by atoms with Gasteiger partial charge in [-0.1, -0.05) is 22.0 Å². The summed E-state index contributed by atoms with van der Waals surface area (Å²) in [6.07, 6.45) is 1.19. The number of benzene rings is 1. The summed E-state index contributed by atoms with van der Waals surface area (Å²) < 4.78 is 36.7. The fourth-order valence-electron chi connectivity index (χ4n) is 2.43. The molecule has 3 N–H and O–H groups in total. The van der Waals surface area contributed by atoms with Crippen molar-refractivity contribution >= 4 is 25.8 Å². The summed E-state index contributed by atoms with van der Waals surface area (Å²) in [6.45, 7) is 0. The molecule has 2 atom stereocenters. The number of hydrogen-bond donors (Lipinski definition) is 2. The van der Waals surface area contributed by atoms with Gasteiger partial charge in [0.2, 0.25) is 0 Å². The number of halogens is 2. The largest absolute Gasteiger partial charge is 0.271 e. The number of rotatable bonds is 4. The van der Waals surface area contributed by atoms with E-state index in [0.29, 0.717) is 17.3 Å². The highest BCUT2D eigenvalue weighted by Crippen LogP contribution is 2.26. The van der Waals surface area contributed by atoms with Crippen LogP contribution in [0.25, 0.3) is 0 Å². The molecule has 2 rings (SSSR count). The fraction of sp³-hybridized carbons (Fsp3) is 0.500. The lowest BCUT2D eigenvalue weighted by Gasteiger charge is -2.22. The summed E-state index contributed by atoms with van der Waals surface area (Å²) in [5, 5.41) is 0. The molecule has 0 aromatic heterocycles. The van der Waals surface area contributed by atoms with E-state index in [4.69, 9.17) is 5.84 Å². The van der Waals surface area contributed by atoms with Crippen molar-refractivity contribution in [2.75, 3.05) is 11.5 Å². The minimum absolute atomic E-state index is 0.00644. The second-order valence-corrected chi connectivity index (χ2v) is 7.96. The summed E-state index contributed by atoms with van der Waals surface area (Å²) in [5.41, 5.74) is 3.60. The average Bonchev–Trinajstić information content (AvgIpc) is 2.69. The molecule has 1 aliphatic rings. The van der Waals surface area contributed by atoms with Gasteiger partial charge in [0.1, 0.15) is 5.82 Å². The molecule has 106 valence electrons. The molecule has 0 spiro atoms. The summed E-state index contributed by atoms with van der Waals surface area (Å²) in [5.74, 6) is 5.62. The third-order valence-corrected chi connectivity index (χ3v) is 6.04. The van der Waals surface area contributed by atoms with Gasteiger partial charge in [-0.25, -0.2) is 12.8 Å². The molecule has 4 nitrogen and oxygen atoms in total. The van der Waals surface area contributed by atoms with E-state index >= 15 is 0 Å². The molecule has 1 fully saturated rings. The minimum Gasteiger partial charge on any atom is -0.271 e. The van der Waals surface area contributed by atoms with Crippen molar-refractivity contribution in [3.05, 3.63) is 34.1 Å². The second-order valence-electron chi connectivity index (χ2n) is 4.88. The molecule has 0 saturated carbocycles. The minimum atomic E-state index is -2.93. The van der Waals surface area contributed by atoms with E-state index in [9.17, 15) is 12.8 Å². The fourth-order valence-corrected chi connectivity index (χ4v) is 4.82. The lowest BCUT2D eigenvalue weighted by atomic mass is 9.93. The van der Waals surface area contributed by atoms with E-state index < -0.39 is 9.84 Å². The van der Waals surface area contributed by atoms with E-state index in [2.05, 4.69) is 21.4 Å². The molecular weight excluding hydrogens is 335 g/mol.